The van der Waals surface area contributed by atoms with Crippen LogP contribution in [-0.4, -0.2) is 13.0 Å². The summed E-state index contributed by atoms with van der Waals surface area (Å²) in [5, 5.41) is 2.65. The summed E-state index contributed by atoms with van der Waals surface area (Å²) in [5.74, 6) is 0.279. The Hall–Kier alpha value is -1.38. The van der Waals surface area contributed by atoms with Gasteiger partial charge >= 0.3 is 0 Å². The topological polar surface area (TPSA) is 29.1 Å². The first kappa shape index (κ1) is 13.1. The fourth-order valence-electron chi connectivity index (χ4n) is 2.97. The number of amides is 1. The molecule has 1 aliphatic rings. The summed E-state index contributed by atoms with van der Waals surface area (Å²) >= 11 is 0. The monoisotopic (exact) mass is 249 g/mol. The molecule has 1 aliphatic carbocycles. The van der Waals surface area contributed by atoms with Crippen LogP contribution in [0.25, 0.3) is 0 Å². The van der Waals surface area contributed by atoms with E-state index in [1.54, 1.807) is 13.1 Å². The number of nitrogens with one attached hydrogen (secondary N) is 1. The van der Waals surface area contributed by atoms with Crippen LogP contribution in [0.1, 0.15) is 43.6 Å². The van der Waals surface area contributed by atoms with Crippen molar-refractivity contribution >= 4 is 5.91 Å². The smallest absolute Gasteiger partial charge is 0.220 e. The van der Waals surface area contributed by atoms with Gasteiger partial charge in [0, 0.05) is 13.5 Å². The number of halogens is 1. The van der Waals surface area contributed by atoms with Gasteiger partial charge in [0.05, 0.1) is 0 Å². The molecule has 1 unspecified atom stereocenters. The van der Waals surface area contributed by atoms with Crippen molar-refractivity contribution in [3.05, 3.63) is 35.6 Å². The summed E-state index contributed by atoms with van der Waals surface area (Å²) in [5.41, 5.74) is 0.702. The Morgan fingerprint density at radius 3 is 2.67 bits per heavy atom. The number of carbonyl (C=O) groups excluding carboxylic acids is 1. The Balaban J connectivity index is 2.23. The molecule has 0 spiro atoms. The average Bonchev–Trinajstić information content (AvgIpc) is 2.90. The SMILES string of the molecule is CNC(=O)CC(c1ccccc1F)C1CCCC1. The van der Waals surface area contributed by atoms with E-state index in [9.17, 15) is 9.18 Å². The molecular formula is C15H20FNO. The fraction of sp³-hybridized carbons (Fsp3) is 0.533. The number of hydrogen-bond acceptors (Lipinski definition) is 1. The Labute approximate surface area is 108 Å². The predicted molar refractivity (Wildman–Crippen MR) is 69.8 cm³/mol. The van der Waals surface area contributed by atoms with Gasteiger partial charge in [-0.25, -0.2) is 4.39 Å². The Morgan fingerprint density at radius 2 is 2.06 bits per heavy atom. The standard InChI is InChI=1S/C15H20FNO/c1-17-15(18)10-13(11-6-2-3-7-11)12-8-4-5-9-14(12)16/h4-5,8-9,11,13H,2-3,6-7,10H2,1H3,(H,17,18). The average molecular weight is 249 g/mol. The third kappa shape index (κ3) is 2.89. The molecule has 0 heterocycles. The van der Waals surface area contributed by atoms with Gasteiger partial charge in [0.15, 0.2) is 0 Å². The minimum atomic E-state index is -0.182. The highest BCUT2D eigenvalue weighted by Gasteiger charge is 2.29. The van der Waals surface area contributed by atoms with E-state index in [0.717, 1.165) is 12.8 Å². The van der Waals surface area contributed by atoms with Gasteiger partial charge in [-0.3, -0.25) is 4.79 Å². The highest BCUT2D eigenvalue weighted by Crippen LogP contribution is 2.40. The molecule has 1 amide bonds. The summed E-state index contributed by atoms with van der Waals surface area (Å²) in [6, 6.07) is 6.86. The maximum Gasteiger partial charge on any atom is 0.220 e. The van der Waals surface area contributed by atoms with Gasteiger partial charge in [-0.1, -0.05) is 31.0 Å². The Kier molecular flexibility index (Phi) is 4.34. The third-order valence-corrected chi connectivity index (χ3v) is 3.96. The summed E-state index contributed by atoms with van der Waals surface area (Å²) in [7, 11) is 1.63. The van der Waals surface area contributed by atoms with E-state index in [1.165, 1.54) is 18.9 Å². The first-order chi connectivity index (χ1) is 8.72. The summed E-state index contributed by atoms with van der Waals surface area (Å²) < 4.78 is 13.9. The van der Waals surface area contributed by atoms with Crippen LogP contribution in [0, 0.1) is 11.7 Å². The van der Waals surface area contributed by atoms with Crippen molar-refractivity contribution in [3.63, 3.8) is 0 Å². The lowest BCUT2D eigenvalue weighted by molar-refractivity contribution is -0.121. The van der Waals surface area contributed by atoms with Crippen molar-refractivity contribution in [1.29, 1.82) is 0 Å². The van der Waals surface area contributed by atoms with Crippen molar-refractivity contribution in [2.75, 3.05) is 7.05 Å². The van der Waals surface area contributed by atoms with E-state index in [4.69, 9.17) is 0 Å². The minimum Gasteiger partial charge on any atom is -0.359 e. The maximum absolute atomic E-state index is 13.9. The molecule has 2 rings (SSSR count). The molecule has 98 valence electrons. The van der Waals surface area contributed by atoms with Crippen LogP contribution >= 0.6 is 0 Å². The number of hydrogen-bond donors (Lipinski definition) is 1. The van der Waals surface area contributed by atoms with Crippen LogP contribution < -0.4 is 5.32 Å². The molecule has 3 heteroatoms. The van der Waals surface area contributed by atoms with E-state index in [-0.39, 0.29) is 17.6 Å². The molecule has 1 aromatic rings. The lowest BCUT2D eigenvalue weighted by Gasteiger charge is -2.23. The highest BCUT2D eigenvalue weighted by atomic mass is 19.1. The highest BCUT2D eigenvalue weighted by molar-refractivity contribution is 5.76. The summed E-state index contributed by atoms with van der Waals surface area (Å²) in [6.45, 7) is 0. The molecular weight excluding hydrogens is 229 g/mol. The fourth-order valence-corrected chi connectivity index (χ4v) is 2.97. The minimum absolute atomic E-state index is 0.00449. The van der Waals surface area contributed by atoms with Gasteiger partial charge in [-0.15, -0.1) is 0 Å². The second kappa shape index (κ2) is 5.98. The molecule has 0 aromatic heterocycles. The van der Waals surface area contributed by atoms with Crippen LogP contribution in [0.4, 0.5) is 4.39 Å². The van der Waals surface area contributed by atoms with Gasteiger partial charge in [0.1, 0.15) is 5.82 Å². The Morgan fingerprint density at radius 1 is 1.39 bits per heavy atom. The van der Waals surface area contributed by atoms with E-state index in [0.29, 0.717) is 17.9 Å². The van der Waals surface area contributed by atoms with E-state index in [1.807, 2.05) is 12.1 Å². The van der Waals surface area contributed by atoms with Gasteiger partial charge in [-0.05, 0) is 36.3 Å². The van der Waals surface area contributed by atoms with Crippen molar-refractivity contribution < 1.29 is 9.18 Å². The predicted octanol–water partition coefficient (Wildman–Crippen LogP) is 3.24. The number of benzene rings is 1. The number of rotatable bonds is 4. The molecule has 1 aromatic carbocycles. The molecule has 0 saturated heterocycles. The molecule has 18 heavy (non-hydrogen) atoms. The third-order valence-electron chi connectivity index (χ3n) is 3.96. The second-order valence-electron chi connectivity index (χ2n) is 5.05. The van der Waals surface area contributed by atoms with Crippen LogP contribution in [0.2, 0.25) is 0 Å². The normalized spacial score (nSPS) is 17.7. The molecule has 0 bridgehead atoms. The van der Waals surface area contributed by atoms with Crippen LogP contribution in [0.15, 0.2) is 24.3 Å². The summed E-state index contributed by atoms with van der Waals surface area (Å²) in [6.07, 6.45) is 5.00. The molecule has 0 radical (unpaired) electrons. The molecule has 1 atom stereocenters. The van der Waals surface area contributed by atoms with E-state index < -0.39 is 0 Å². The first-order valence-corrected chi connectivity index (χ1v) is 6.67. The van der Waals surface area contributed by atoms with Crippen molar-refractivity contribution in [1.82, 2.24) is 5.32 Å². The lowest BCUT2D eigenvalue weighted by atomic mass is 9.82. The maximum atomic E-state index is 13.9. The molecule has 1 fully saturated rings. The molecule has 1 saturated carbocycles. The zero-order valence-electron chi connectivity index (χ0n) is 10.8. The molecule has 2 nitrogen and oxygen atoms in total. The van der Waals surface area contributed by atoms with Gasteiger partial charge in [0.2, 0.25) is 5.91 Å². The Bertz CT molecular complexity index is 413. The second-order valence-corrected chi connectivity index (χ2v) is 5.05. The van der Waals surface area contributed by atoms with Crippen LogP contribution in [0.3, 0.4) is 0 Å². The van der Waals surface area contributed by atoms with Crippen molar-refractivity contribution in [2.24, 2.45) is 5.92 Å². The zero-order chi connectivity index (χ0) is 13.0. The quantitative estimate of drug-likeness (QED) is 0.872. The molecule has 0 aliphatic heterocycles. The van der Waals surface area contributed by atoms with Crippen LogP contribution in [0.5, 0.6) is 0 Å². The van der Waals surface area contributed by atoms with Crippen molar-refractivity contribution in [2.45, 2.75) is 38.0 Å². The van der Waals surface area contributed by atoms with E-state index in [2.05, 4.69) is 5.32 Å². The van der Waals surface area contributed by atoms with Gasteiger partial charge in [-0.2, -0.15) is 0 Å². The molecule has 1 N–H and O–H groups in total. The van der Waals surface area contributed by atoms with Gasteiger partial charge in [0.25, 0.3) is 0 Å². The van der Waals surface area contributed by atoms with Crippen LogP contribution in [-0.2, 0) is 4.79 Å². The zero-order valence-corrected chi connectivity index (χ0v) is 10.8. The lowest BCUT2D eigenvalue weighted by Crippen LogP contribution is -2.24. The largest absolute Gasteiger partial charge is 0.359 e. The van der Waals surface area contributed by atoms with Gasteiger partial charge < -0.3 is 5.32 Å². The summed E-state index contributed by atoms with van der Waals surface area (Å²) in [4.78, 5) is 11.6. The number of carbonyl (C=O) groups is 1. The first-order valence-electron chi connectivity index (χ1n) is 6.67. The van der Waals surface area contributed by atoms with E-state index >= 15 is 0 Å². The van der Waals surface area contributed by atoms with Crippen molar-refractivity contribution in [3.8, 4) is 0 Å².